The number of hydrogen-bond donors (Lipinski definition) is 1. The fourth-order valence-corrected chi connectivity index (χ4v) is 4.75. The third kappa shape index (κ3) is 4.05. The lowest BCUT2D eigenvalue weighted by molar-refractivity contribution is 0.436. The normalized spacial score (nSPS) is 15.2. The molecule has 1 aromatic carbocycles. The van der Waals surface area contributed by atoms with E-state index in [4.69, 9.17) is 5.41 Å². The molecule has 1 heterocycles. The van der Waals surface area contributed by atoms with Gasteiger partial charge >= 0.3 is 10.2 Å². The number of benzene rings is 1. The van der Waals surface area contributed by atoms with Gasteiger partial charge in [0.2, 0.25) is 0 Å². The maximum Gasteiger partial charge on any atom is 0.323 e. The molecule has 0 spiro atoms. The fraction of sp³-hybridized carbons (Fsp3) is 0.400. The molecule has 0 amide bonds. The van der Waals surface area contributed by atoms with E-state index in [1.807, 2.05) is 0 Å². The second kappa shape index (κ2) is 7.51. The molecule has 2 aromatic rings. The Balaban J connectivity index is 1.94. The van der Waals surface area contributed by atoms with Crippen LogP contribution in [0.2, 0.25) is 0 Å². The highest BCUT2D eigenvalue weighted by Crippen LogP contribution is 2.31. The van der Waals surface area contributed by atoms with Crippen molar-refractivity contribution >= 4 is 25.9 Å². The van der Waals surface area contributed by atoms with Crippen molar-refractivity contribution in [2.75, 3.05) is 20.6 Å². The van der Waals surface area contributed by atoms with Crippen molar-refractivity contribution in [3.05, 3.63) is 41.7 Å². The molecule has 1 aliphatic carbocycles. The molecule has 29 heavy (non-hydrogen) atoms. The van der Waals surface area contributed by atoms with Gasteiger partial charge in [-0.15, -0.1) is 9.19 Å². The van der Waals surface area contributed by atoms with Crippen molar-refractivity contribution in [3.63, 3.8) is 0 Å². The Bertz CT molecular complexity index is 1140. The lowest BCUT2D eigenvalue weighted by Gasteiger charge is -2.20. The predicted octanol–water partition coefficient (Wildman–Crippen LogP) is 0.432. The maximum absolute atomic E-state index is 13.9. The van der Waals surface area contributed by atoms with E-state index in [0.717, 1.165) is 33.1 Å². The molecule has 3 rings (SSSR count). The highest BCUT2D eigenvalue weighted by molar-refractivity contribution is 7.89. The summed E-state index contributed by atoms with van der Waals surface area (Å²) in [6, 6.07) is 2.59. The quantitative estimate of drug-likeness (QED) is 0.583. The predicted molar refractivity (Wildman–Crippen MR) is 98.1 cm³/mol. The highest BCUT2D eigenvalue weighted by atomic mass is 32.2. The first-order valence-electron chi connectivity index (χ1n) is 8.34. The van der Waals surface area contributed by atoms with E-state index < -0.39 is 60.9 Å². The Morgan fingerprint density at radius 1 is 1.21 bits per heavy atom. The number of rotatable bonds is 8. The Kier molecular flexibility index (Phi) is 5.55. The van der Waals surface area contributed by atoms with E-state index >= 15 is 0 Å². The molecular weight excluding hydrogens is 430 g/mol. The van der Waals surface area contributed by atoms with Crippen LogP contribution in [0.1, 0.15) is 18.4 Å². The molecule has 0 radical (unpaired) electrons. The molecule has 1 aromatic heterocycles. The second-order valence-corrected chi connectivity index (χ2v) is 10.3. The van der Waals surface area contributed by atoms with Crippen LogP contribution < -0.4 is 0 Å². The van der Waals surface area contributed by atoms with Gasteiger partial charge in [0, 0.05) is 20.1 Å². The Hall–Kier alpha value is -2.29. The summed E-state index contributed by atoms with van der Waals surface area (Å²) in [7, 11) is -6.00. The number of halogens is 2. The molecule has 10 nitrogen and oxygen atoms in total. The molecule has 0 bridgehead atoms. The minimum absolute atomic E-state index is 0.410. The minimum atomic E-state index is -4.41. The molecular formula is C15H18F2N6O4S2. The van der Waals surface area contributed by atoms with Crippen LogP contribution in [-0.4, -0.2) is 72.0 Å². The van der Waals surface area contributed by atoms with E-state index in [-0.39, 0.29) is 0 Å². The molecule has 1 saturated carbocycles. The summed E-state index contributed by atoms with van der Waals surface area (Å²) in [5.74, 6) is -1.97. The maximum atomic E-state index is 13.9. The third-order valence-corrected chi connectivity index (χ3v) is 7.49. The topological polar surface area (TPSA) is 129 Å². The van der Waals surface area contributed by atoms with Gasteiger partial charge < -0.3 is 5.41 Å². The fourth-order valence-electron chi connectivity index (χ4n) is 2.53. The zero-order valence-electron chi connectivity index (χ0n) is 15.4. The Labute approximate surface area is 166 Å². The molecule has 0 saturated heterocycles. The standard InChI is InChI=1S/C15H18F2N6O4S2/c1-21(2)29(26,27)23-9-19-15(20-23)28(24,25)22(10-6-7-10)8-13(18)14-11(16)4-3-5-12(14)17/h3-5,9-10,18H,6-8H2,1-2H3. The van der Waals surface area contributed by atoms with Gasteiger partial charge in [-0.3, -0.25) is 0 Å². The third-order valence-electron chi connectivity index (χ3n) is 4.22. The van der Waals surface area contributed by atoms with Gasteiger partial charge in [-0.1, -0.05) is 6.07 Å². The smallest absolute Gasteiger partial charge is 0.303 e. The van der Waals surface area contributed by atoms with Crippen LogP contribution >= 0.6 is 0 Å². The largest absolute Gasteiger partial charge is 0.323 e. The summed E-state index contributed by atoms with van der Waals surface area (Å²) < 4.78 is 80.1. The lowest BCUT2D eigenvalue weighted by atomic mass is 10.1. The first-order chi connectivity index (χ1) is 13.5. The summed E-state index contributed by atoms with van der Waals surface area (Å²) in [6.07, 6.45) is 1.72. The number of nitrogens with zero attached hydrogens (tertiary/aromatic N) is 5. The van der Waals surface area contributed by atoms with Crippen molar-refractivity contribution in [1.29, 1.82) is 5.41 Å². The second-order valence-electron chi connectivity index (χ2n) is 6.55. The van der Waals surface area contributed by atoms with Gasteiger partial charge in [-0.2, -0.15) is 17.0 Å². The van der Waals surface area contributed by atoms with Gasteiger partial charge in [-0.25, -0.2) is 22.2 Å². The van der Waals surface area contributed by atoms with Crippen molar-refractivity contribution in [2.24, 2.45) is 0 Å². The van der Waals surface area contributed by atoms with Crippen LogP contribution in [0, 0.1) is 17.0 Å². The van der Waals surface area contributed by atoms with Crippen LogP contribution in [-0.2, 0) is 20.2 Å². The monoisotopic (exact) mass is 448 g/mol. The molecule has 0 aliphatic heterocycles. The van der Waals surface area contributed by atoms with E-state index in [0.29, 0.717) is 16.9 Å². The van der Waals surface area contributed by atoms with Crippen molar-refractivity contribution < 1.29 is 25.6 Å². The molecule has 1 aliphatic rings. The van der Waals surface area contributed by atoms with Crippen LogP contribution in [0.15, 0.2) is 29.7 Å². The van der Waals surface area contributed by atoms with Gasteiger partial charge in [0.05, 0.1) is 17.8 Å². The molecule has 14 heteroatoms. The minimum Gasteiger partial charge on any atom is -0.303 e. The average Bonchev–Trinajstić information content (AvgIpc) is 3.32. The molecule has 0 unspecified atom stereocenters. The van der Waals surface area contributed by atoms with Gasteiger partial charge in [0.1, 0.15) is 18.0 Å². The van der Waals surface area contributed by atoms with E-state index in [1.165, 1.54) is 14.1 Å². The molecule has 1 fully saturated rings. The summed E-state index contributed by atoms with van der Waals surface area (Å²) in [6.45, 7) is -0.611. The SMILES string of the molecule is CN(C)S(=O)(=O)n1cnc(S(=O)(=O)N(CC(=N)c2c(F)cccc2F)C2CC2)n1. The van der Waals surface area contributed by atoms with Crippen molar-refractivity contribution in [1.82, 2.24) is 22.8 Å². The van der Waals surface area contributed by atoms with Crippen LogP contribution in [0.3, 0.4) is 0 Å². The lowest BCUT2D eigenvalue weighted by Crippen LogP contribution is -2.38. The summed E-state index contributed by atoms with van der Waals surface area (Å²) >= 11 is 0. The summed E-state index contributed by atoms with van der Waals surface area (Å²) in [5.41, 5.74) is -1.20. The van der Waals surface area contributed by atoms with Crippen molar-refractivity contribution in [3.8, 4) is 0 Å². The molecule has 158 valence electrons. The van der Waals surface area contributed by atoms with Crippen molar-refractivity contribution in [2.45, 2.75) is 24.0 Å². The van der Waals surface area contributed by atoms with Gasteiger partial charge in [-0.05, 0) is 25.0 Å². The van der Waals surface area contributed by atoms with E-state index in [1.54, 1.807) is 0 Å². The number of aromatic nitrogens is 3. The molecule has 0 atom stereocenters. The first-order valence-corrected chi connectivity index (χ1v) is 11.2. The number of hydrogen-bond acceptors (Lipinski definition) is 7. The van der Waals surface area contributed by atoms with Gasteiger partial charge in [0.25, 0.3) is 15.2 Å². The van der Waals surface area contributed by atoms with Gasteiger partial charge in [0.15, 0.2) is 0 Å². The van der Waals surface area contributed by atoms with Crippen LogP contribution in [0.25, 0.3) is 0 Å². The highest BCUT2D eigenvalue weighted by Gasteiger charge is 2.41. The summed E-state index contributed by atoms with van der Waals surface area (Å²) in [4.78, 5) is 3.58. The first kappa shape index (κ1) is 21.4. The summed E-state index contributed by atoms with van der Waals surface area (Å²) in [5, 5.41) is 10.8. The average molecular weight is 448 g/mol. The zero-order valence-corrected chi connectivity index (χ0v) is 17.1. The zero-order chi connectivity index (χ0) is 21.6. The number of sulfonamides is 1. The van der Waals surface area contributed by atoms with Crippen LogP contribution in [0.5, 0.6) is 0 Å². The van der Waals surface area contributed by atoms with E-state index in [2.05, 4.69) is 10.1 Å². The van der Waals surface area contributed by atoms with Crippen LogP contribution in [0.4, 0.5) is 8.78 Å². The molecule has 1 N–H and O–H groups in total. The van der Waals surface area contributed by atoms with E-state index in [9.17, 15) is 25.6 Å². The Morgan fingerprint density at radius 2 is 1.79 bits per heavy atom. The number of nitrogens with one attached hydrogen (secondary N) is 1. The Morgan fingerprint density at radius 3 is 2.31 bits per heavy atom.